The lowest BCUT2D eigenvalue weighted by atomic mass is 9.91. The van der Waals surface area contributed by atoms with Gasteiger partial charge < -0.3 is 14.8 Å². The van der Waals surface area contributed by atoms with E-state index in [2.05, 4.69) is 39.7 Å². The van der Waals surface area contributed by atoms with Crippen molar-refractivity contribution in [1.82, 2.24) is 15.5 Å². The maximum atomic E-state index is 12.7. The van der Waals surface area contributed by atoms with Crippen molar-refractivity contribution in [3.05, 3.63) is 102 Å². The van der Waals surface area contributed by atoms with Crippen LogP contribution in [0, 0.1) is 0 Å². The van der Waals surface area contributed by atoms with Crippen LogP contribution in [-0.4, -0.2) is 22.6 Å². The number of rotatable bonds is 6. The van der Waals surface area contributed by atoms with Gasteiger partial charge in [-0.25, -0.2) is 0 Å². The highest BCUT2D eigenvalue weighted by molar-refractivity contribution is 5.87. The summed E-state index contributed by atoms with van der Waals surface area (Å²) >= 11 is 0. The summed E-state index contributed by atoms with van der Waals surface area (Å²) in [4.78, 5) is 16.1. The van der Waals surface area contributed by atoms with Gasteiger partial charge in [0.2, 0.25) is 5.91 Å². The molecule has 2 aromatic heterocycles. The van der Waals surface area contributed by atoms with Gasteiger partial charge in [-0.15, -0.1) is 0 Å². The van der Waals surface area contributed by atoms with Gasteiger partial charge in [0, 0.05) is 34.9 Å². The molecule has 0 spiro atoms. The van der Waals surface area contributed by atoms with Crippen LogP contribution in [0.1, 0.15) is 22.7 Å². The second kappa shape index (κ2) is 7.87. The molecule has 0 saturated heterocycles. The number of amides is 1. The maximum absolute atomic E-state index is 12.7. The Morgan fingerprint density at radius 1 is 0.933 bits per heavy atom. The molecular weight excluding hydrogens is 374 g/mol. The lowest BCUT2D eigenvalue weighted by Gasteiger charge is -2.18. The van der Waals surface area contributed by atoms with Crippen LogP contribution in [-0.2, 0) is 11.2 Å². The third-order valence-corrected chi connectivity index (χ3v) is 5.48. The van der Waals surface area contributed by atoms with E-state index in [-0.39, 0.29) is 18.2 Å². The molecule has 30 heavy (non-hydrogen) atoms. The van der Waals surface area contributed by atoms with Crippen molar-refractivity contribution in [1.29, 1.82) is 0 Å². The van der Waals surface area contributed by atoms with Crippen LogP contribution in [0.4, 0.5) is 0 Å². The number of fused-ring (bicyclic) bond motifs is 2. The predicted molar refractivity (Wildman–Crippen MR) is 117 cm³/mol. The molecule has 0 radical (unpaired) electrons. The van der Waals surface area contributed by atoms with Crippen LogP contribution in [0.3, 0.4) is 0 Å². The largest absolute Gasteiger partial charge is 0.361 e. The lowest BCUT2D eigenvalue weighted by molar-refractivity contribution is -0.120. The van der Waals surface area contributed by atoms with Crippen LogP contribution in [0.2, 0.25) is 0 Å². The van der Waals surface area contributed by atoms with Crippen molar-refractivity contribution in [3.8, 4) is 0 Å². The Kier molecular flexibility index (Phi) is 4.77. The minimum absolute atomic E-state index is 0.0420. The normalized spacial score (nSPS) is 12.3. The molecule has 3 aromatic carbocycles. The van der Waals surface area contributed by atoms with Crippen molar-refractivity contribution in [2.75, 3.05) is 6.54 Å². The van der Waals surface area contributed by atoms with Crippen molar-refractivity contribution < 1.29 is 9.32 Å². The van der Waals surface area contributed by atoms with E-state index in [4.69, 9.17) is 4.52 Å². The zero-order valence-corrected chi connectivity index (χ0v) is 16.3. The average Bonchev–Trinajstić information content (AvgIpc) is 3.40. The molecular formula is C25H21N3O2. The summed E-state index contributed by atoms with van der Waals surface area (Å²) in [6, 6.07) is 26.1. The molecule has 5 aromatic rings. The fraction of sp³-hybridized carbons (Fsp3) is 0.120. The Hall–Kier alpha value is -3.86. The standard InChI is InChI=1S/C25H21N3O2/c29-25(14-23-19-11-5-7-13-24(19)30-28-23)27-15-20(17-8-2-1-3-9-17)21-16-26-22-12-6-4-10-18(21)22/h1-13,16,20,26H,14-15H2,(H,27,29). The highest BCUT2D eigenvalue weighted by atomic mass is 16.5. The number of nitrogens with one attached hydrogen (secondary N) is 2. The first-order valence-corrected chi connectivity index (χ1v) is 10.0. The lowest BCUT2D eigenvalue weighted by Crippen LogP contribution is -2.30. The number of hydrogen-bond donors (Lipinski definition) is 2. The summed E-state index contributed by atoms with van der Waals surface area (Å²) in [6.45, 7) is 0.500. The van der Waals surface area contributed by atoms with Crippen LogP contribution in [0.25, 0.3) is 21.9 Å². The molecule has 5 heteroatoms. The number of para-hydroxylation sites is 2. The molecule has 5 nitrogen and oxygen atoms in total. The fourth-order valence-electron chi connectivity index (χ4n) is 3.97. The summed E-state index contributed by atoms with van der Waals surface area (Å²) in [7, 11) is 0. The summed E-state index contributed by atoms with van der Waals surface area (Å²) in [5, 5.41) is 9.22. The summed E-state index contributed by atoms with van der Waals surface area (Å²) in [6.07, 6.45) is 2.23. The first-order chi connectivity index (χ1) is 14.8. The molecule has 0 saturated carbocycles. The molecule has 0 bridgehead atoms. The highest BCUT2D eigenvalue weighted by Gasteiger charge is 2.20. The van der Waals surface area contributed by atoms with E-state index in [1.54, 1.807) is 0 Å². The van der Waals surface area contributed by atoms with E-state index in [1.807, 2.05) is 60.8 Å². The number of nitrogens with zero attached hydrogens (tertiary/aromatic N) is 1. The van der Waals surface area contributed by atoms with Crippen LogP contribution in [0.5, 0.6) is 0 Å². The number of H-pyrrole nitrogens is 1. The van der Waals surface area contributed by atoms with Crippen LogP contribution in [0.15, 0.2) is 89.6 Å². The van der Waals surface area contributed by atoms with Crippen molar-refractivity contribution >= 4 is 27.8 Å². The van der Waals surface area contributed by atoms with E-state index in [1.165, 1.54) is 10.9 Å². The van der Waals surface area contributed by atoms with Crippen LogP contribution < -0.4 is 5.32 Å². The molecule has 1 amide bonds. The maximum Gasteiger partial charge on any atom is 0.226 e. The summed E-state index contributed by atoms with van der Waals surface area (Å²) in [5.74, 6) is -0.0322. The molecule has 0 aliphatic carbocycles. The second-order valence-electron chi connectivity index (χ2n) is 7.36. The Morgan fingerprint density at radius 3 is 2.53 bits per heavy atom. The highest BCUT2D eigenvalue weighted by Crippen LogP contribution is 2.30. The molecule has 1 atom stereocenters. The Bertz CT molecular complexity index is 1300. The molecule has 1 unspecified atom stereocenters. The first kappa shape index (κ1) is 18.2. The van der Waals surface area contributed by atoms with Gasteiger partial charge in [-0.1, -0.05) is 65.8 Å². The molecule has 2 N–H and O–H groups in total. The number of hydrogen-bond acceptors (Lipinski definition) is 3. The third-order valence-electron chi connectivity index (χ3n) is 5.48. The van der Waals surface area contributed by atoms with E-state index in [0.717, 1.165) is 16.5 Å². The van der Waals surface area contributed by atoms with E-state index in [9.17, 15) is 4.79 Å². The number of carbonyl (C=O) groups excluding carboxylic acids is 1. The molecule has 0 fully saturated rings. The zero-order chi connectivity index (χ0) is 20.3. The van der Waals surface area contributed by atoms with Gasteiger partial charge in [-0.3, -0.25) is 4.79 Å². The monoisotopic (exact) mass is 395 g/mol. The van der Waals surface area contributed by atoms with Crippen molar-refractivity contribution in [3.63, 3.8) is 0 Å². The van der Waals surface area contributed by atoms with Crippen molar-refractivity contribution in [2.24, 2.45) is 0 Å². The van der Waals surface area contributed by atoms with Crippen LogP contribution >= 0.6 is 0 Å². The van der Waals surface area contributed by atoms with Crippen molar-refractivity contribution in [2.45, 2.75) is 12.3 Å². The summed E-state index contributed by atoms with van der Waals surface area (Å²) < 4.78 is 5.32. The van der Waals surface area contributed by atoms with Gasteiger partial charge in [0.25, 0.3) is 0 Å². The predicted octanol–water partition coefficient (Wildman–Crippen LogP) is 4.80. The number of aromatic nitrogens is 2. The zero-order valence-electron chi connectivity index (χ0n) is 16.3. The van der Waals surface area contributed by atoms with E-state index < -0.39 is 0 Å². The fourth-order valence-corrected chi connectivity index (χ4v) is 3.97. The number of carbonyl (C=O) groups is 1. The van der Waals surface area contributed by atoms with E-state index >= 15 is 0 Å². The quantitative estimate of drug-likeness (QED) is 0.434. The molecule has 5 rings (SSSR count). The molecule has 0 aliphatic rings. The molecule has 2 heterocycles. The smallest absolute Gasteiger partial charge is 0.226 e. The SMILES string of the molecule is O=C(Cc1noc2ccccc12)NCC(c1ccccc1)c1c[nH]c2ccccc12. The Balaban J connectivity index is 1.38. The van der Waals surface area contributed by atoms with Gasteiger partial charge in [-0.2, -0.15) is 0 Å². The number of aromatic amines is 1. The van der Waals surface area contributed by atoms with E-state index in [0.29, 0.717) is 17.8 Å². The molecule has 148 valence electrons. The van der Waals surface area contributed by atoms with Gasteiger partial charge in [0.1, 0.15) is 5.69 Å². The average molecular weight is 395 g/mol. The van der Waals surface area contributed by atoms with Gasteiger partial charge in [0.05, 0.1) is 6.42 Å². The Morgan fingerprint density at radius 2 is 1.67 bits per heavy atom. The minimum atomic E-state index is -0.0742. The third kappa shape index (κ3) is 3.46. The van der Waals surface area contributed by atoms with Gasteiger partial charge in [-0.05, 0) is 29.3 Å². The van der Waals surface area contributed by atoms with Gasteiger partial charge in [0.15, 0.2) is 5.58 Å². The first-order valence-electron chi connectivity index (χ1n) is 10.0. The molecule has 0 aliphatic heterocycles. The Labute approximate surface area is 173 Å². The summed E-state index contributed by atoms with van der Waals surface area (Å²) in [5.41, 5.74) is 4.78. The second-order valence-corrected chi connectivity index (χ2v) is 7.36. The topological polar surface area (TPSA) is 70.9 Å². The van der Waals surface area contributed by atoms with Gasteiger partial charge >= 0.3 is 0 Å². The number of benzene rings is 3. The minimum Gasteiger partial charge on any atom is -0.361 e.